The van der Waals surface area contributed by atoms with Crippen molar-refractivity contribution in [2.75, 3.05) is 24.9 Å². The largest absolute Gasteiger partial charge is 0.495 e. The first-order valence-corrected chi connectivity index (χ1v) is 12.5. The topological polar surface area (TPSA) is 92.8 Å². The van der Waals surface area contributed by atoms with Gasteiger partial charge in [0.2, 0.25) is 10.0 Å². The van der Waals surface area contributed by atoms with Gasteiger partial charge in [0.25, 0.3) is 10.0 Å². The first-order chi connectivity index (χ1) is 13.6. The molecular weight excluding hydrogens is 459 g/mol. The molecule has 2 aromatic rings. The second-order valence-electron chi connectivity index (χ2n) is 6.54. The highest BCUT2D eigenvalue weighted by Crippen LogP contribution is 2.32. The summed E-state index contributed by atoms with van der Waals surface area (Å²) in [6.45, 7) is 0.838. The minimum atomic E-state index is -4.03. The number of rotatable bonds is 6. The van der Waals surface area contributed by atoms with Crippen molar-refractivity contribution < 1.29 is 21.6 Å². The Balaban J connectivity index is 1.98. The van der Waals surface area contributed by atoms with Crippen molar-refractivity contribution in [2.45, 2.75) is 29.1 Å². The molecule has 0 saturated carbocycles. The van der Waals surface area contributed by atoms with Crippen molar-refractivity contribution >= 4 is 48.9 Å². The summed E-state index contributed by atoms with van der Waals surface area (Å²) in [7, 11) is -6.50. The van der Waals surface area contributed by atoms with E-state index >= 15 is 0 Å². The van der Waals surface area contributed by atoms with E-state index in [-0.39, 0.29) is 31.3 Å². The molecule has 0 aromatic heterocycles. The third-order valence-corrected chi connectivity index (χ3v) is 8.21. The van der Waals surface area contributed by atoms with Crippen LogP contribution in [-0.2, 0) is 20.0 Å². The first-order valence-electron chi connectivity index (χ1n) is 8.80. The van der Waals surface area contributed by atoms with Crippen LogP contribution in [0.1, 0.15) is 19.3 Å². The molecule has 7 nitrogen and oxygen atoms in total. The van der Waals surface area contributed by atoms with Gasteiger partial charge in [-0.25, -0.2) is 16.8 Å². The number of sulfonamides is 2. The molecule has 0 spiro atoms. The molecule has 0 bridgehead atoms. The number of piperidine rings is 1. The zero-order valence-electron chi connectivity index (χ0n) is 15.6. The van der Waals surface area contributed by atoms with Crippen molar-refractivity contribution in [3.8, 4) is 5.75 Å². The van der Waals surface area contributed by atoms with Crippen LogP contribution < -0.4 is 9.46 Å². The van der Waals surface area contributed by atoms with E-state index in [1.165, 1.54) is 47.8 Å². The van der Waals surface area contributed by atoms with E-state index in [4.69, 9.17) is 27.9 Å². The van der Waals surface area contributed by atoms with Gasteiger partial charge in [-0.1, -0.05) is 29.6 Å². The molecule has 0 unspecified atom stereocenters. The molecule has 0 aliphatic carbocycles. The number of anilines is 1. The zero-order chi connectivity index (χ0) is 21.2. The van der Waals surface area contributed by atoms with Crippen LogP contribution >= 0.6 is 23.2 Å². The van der Waals surface area contributed by atoms with E-state index in [0.29, 0.717) is 13.1 Å². The Labute approximate surface area is 180 Å². The highest BCUT2D eigenvalue weighted by Gasteiger charge is 2.29. The highest BCUT2D eigenvalue weighted by atomic mass is 35.5. The van der Waals surface area contributed by atoms with Crippen LogP contribution in [0.25, 0.3) is 0 Å². The average Bonchev–Trinajstić information content (AvgIpc) is 2.67. The van der Waals surface area contributed by atoms with Gasteiger partial charge in [0.05, 0.1) is 17.7 Å². The predicted octanol–water partition coefficient (Wildman–Crippen LogP) is 3.98. The van der Waals surface area contributed by atoms with Crippen LogP contribution in [0, 0.1) is 0 Å². The Bertz CT molecular complexity index is 1090. The average molecular weight is 479 g/mol. The maximum atomic E-state index is 13.1. The van der Waals surface area contributed by atoms with Crippen LogP contribution in [0.3, 0.4) is 0 Å². The number of methoxy groups -OCH3 is 1. The lowest BCUT2D eigenvalue weighted by atomic mass is 10.2. The molecule has 1 aliphatic rings. The molecular formula is C18H20Cl2N2O5S2. The number of hydrogen-bond donors (Lipinski definition) is 1. The van der Waals surface area contributed by atoms with E-state index in [9.17, 15) is 16.8 Å². The molecule has 2 aromatic carbocycles. The van der Waals surface area contributed by atoms with E-state index in [1.54, 1.807) is 0 Å². The minimum absolute atomic E-state index is 0.0810. The molecule has 1 fully saturated rings. The van der Waals surface area contributed by atoms with Crippen LogP contribution in [0.5, 0.6) is 5.75 Å². The summed E-state index contributed by atoms with van der Waals surface area (Å²) in [5.74, 6) is 0.143. The smallest absolute Gasteiger partial charge is 0.261 e. The second kappa shape index (κ2) is 8.69. The van der Waals surface area contributed by atoms with E-state index in [1.807, 2.05) is 0 Å². The second-order valence-corrected chi connectivity index (χ2v) is 11.0. The van der Waals surface area contributed by atoms with E-state index in [2.05, 4.69) is 4.72 Å². The fourth-order valence-electron chi connectivity index (χ4n) is 3.08. The molecule has 1 aliphatic heterocycles. The first kappa shape index (κ1) is 22.2. The monoisotopic (exact) mass is 478 g/mol. The summed E-state index contributed by atoms with van der Waals surface area (Å²) in [6, 6.07) is 8.03. The van der Waals surface area contributed by atoms with Gasteiger partial charge in [-0.05, 0) is 49.2 Å². The summed E-state index contributed by atoms with van der Waals surface area (Å²) >= 11 is 11.8. The standard InChI is InChI=1S/C18H20Cl2N2O5S2/c1-27-17-6-5-15(12-18(17)29(25,26)22-7-3-2-4-8-22)21-28(23,24)16-10-13(19)9-14(20)11-16/h5-6,9-12,21H,2-4,7-8H2,1H3. The molecule has 1 N–H and O–H groups in total. The van der Waals surface area contributed by atoms with Gasteiger partial charge in [0.15, 0.2) is 0 Å². The van der Waals surface area contributed by atoms with Gasteiger partial charge in [-0.3, -0.25) is 4.72 Å². The molecule has 29 heavy (non-hydrogen) atoms. The maximum Gasteiger partial charge on any atom is 0.261 e. The summed E-state index contributed by atoms with van der Waals surface area (Å²) in [4.78, 5) is -0.225. The number of hydrogen-bond acceptors (Lipinski definition) is 5. The molecule has 1 heterocycles. The summed E-state index contributed by atoms with van der Waals surface area (Å²) in [6.07, 6.45) is 2.54. The van der Waals surface area contributed by atoms with Gasteiger partial charge < -0.3 is 4.74 Å². The summed E-state index contributed by atoms with van der Waals surface area (Å²) in [5, 5.41) is 0.335. The predicted molar refractivity (Wildman–Crippen MR) is 113 cm³/mol. The number of nitrogens with one attached hydrogen (secondary N) is 1. The molecule has 0 amide bonds. The Kier molecular flexibility index (Phi) is 6.64. The van der Waals surface area contributed by atoms with Gasteiger partial charge in [0.1, 0.15) is 10.6 Å². The minimum Gasteiger partial charge on any atom is -0.495 e. The normalized spacial score (nSPS) is 15.8. The van der Waals surface area contributed by atoms with E-state index < -0.39 is 20.0 Å². The molecule has 0 atom stereocenters. The van der Waals surface area contributed by atoms with Crippen molar-refractivity contribution in [3.05, 3.63) is 46.4 Å². The Morgan fingerprint density at radius 3 is 2.14 bits per heavy atom. The van der Waals surface area contributed by atoms with Crippen molar-refractivity contribution in [1.82, 2.24) is 4.31 Å². The number of nitrogens with zero attached hydrogens (tertiary/aromatic N) is 1. The van der Waals surface area contributed by atoms with Crippen LogP contribution in [0.15, 0.2) is 46.2 Å². The van der Waals surface area contributed by atoms with Gasteiger partial charge in [-0.2, -0.15) is 4.31 Å². The molecule has 1 saturated heterocycles. The third kappa shape index (κ3) is 4.97. The van der Waals surface area contributed by atoms with Crippen molar-refractivity contribution in [3.63, 3.8) is 0 Å². The summed E-state index contributed by atoms with van der Waals surface area (Å²) < 4.78 is 60.5. The number of ether oxygens (including phenoxy) is 1. The van der Waals surface area contributed by atoms with Crippen LogP contribution in [-0.4, -0.2) is 41.3 Å². The van der Waals surface area contributed by atoms with Gasteiger partial charge >= 0.3 is 0 Å². The third-order valence-electron chi connectivity index (χ3n) is 4.50. The number of halogens is 2. The molecule has 11 heteroatoms. The lowest BCUT2D eigenvalue weighted by Gasteiger charge is -2.26. The number of benzene rings is 2. The SMILES string of the molecule is COc1ccc(NS(=O)(=O)c2cc(Cl)cc(Cl)c2)cc1S(=O)(=O)N1CCCCC1. The van der Waals surface area contributed by atoms with Crippen LogP contribution in [0.4, 0.5) is 5.69 Å². The Hall–Kier alpha value is -1.52. The quantitative estimate of drug-likeness (QED) is 0.677. The summed E-state index contributed by atoms with van der Waals surface area (Å²) in [5.41, 5.74) is 0.0810. The zero-order valence-corrected chi connectivity index (χ0v) is 18.7. The fourth-order valence-corrected chi connectivity index (χ4v) is 6.56. The lowest BCUT2D eigenvalue weighted by molar-refractivity contribution is 0.343. The maximum absolute atomic E-state index is 13.1. The lowest BCUT2D eigenvalue weighted by Crippen LogP contribution is -2.35. The molecule has 0 radical (unpaired) electrons. The van der Waals surface area contributed by atoms with Crippen LogP contribution in [0.2, 0.25) is 10.0 Å². The van der Waals surface area contributed by atoms with Gasteiger partial charge in [-0.15, -0.1) is 0 Å². The molecule has 158 valence electrons. The van der Waals surface area contributed by atoms with E-state index in [0.717, 1.165) is 19.3 Å². The Morgan fingerprint density at radius 2 is 1.55 bits per heavy atom. The van der Waals surface area contributed by atoms with Crippen molar-refractivity contribution in [1.29, 1.82) is 0 Å². The molecule has 3 rings (SSSR count). The fraction of sp³-hybridized carbons (Fsp3) is 0.333. The van der Waals surface area contributed by atoms with Gasteiger partial charge in [0, 0.05) is 23.1 Å². The van der Waals surface area contributed by atoms with Crippen molar-refractivity contribution in [2.24, 2.45) is 0 Å². The highest BCUT2D eigenvalue weighted by molar-refractivity contribution is 7.92. The Morgan fingerprint density at radius 1 is 0.931 bits per heavy atom.